The fraction of sp³-hybridized carbons (Fsp3) is 0.154. The molecule has 8 nitrogen and oxygen atoms in total. The molecule has 0 atom stereocenters. The van der Waals surface area contributed by atoms with Crippen LogP contribution in [0.15, 0.2) is 36.0 Å². The van der Waals surface area contributed by atoms with E-state index in [1.807, 2.05) is 36.6 Å². The Kier molecular flexibility index (Phi) is 4.05. The van der Waals surface area contributed by atoms with Gasteiger partial charge < -0.3 is 10.6 Å². The van der Waals surface area contributed by atoms with Gasteiger partial charge in [-0.15, -0.1) is 16.4 Å². The largest absolute Gasteiger partial charge is 0.332 e. The Morgan fingerprint density at radius 2 is 2.05 bits per heavy atom. The van der Waals surface area contributed by atoms with E-state index in [-0.39, 0.29) is 12.5 Å². The van der Waals surface area contributed by atoms with Crippen LogP contribution in [0, 0.1) is 6.92 Å². The fourth-order valence-corrected chi connectivity index (χ4v) is 2.48. The van der Waals surface area contributed by atoms with Crippen molar-refractivity contribution in [3.05, 3.63) is 41.7 Å². The Morgan fingerprint density at radius 1 is 1.27 bits per heavy atom. The van der Waals surface area contributed by atoms with Gasteiger partial charge in [-0.2, -0.15) is 0 Å². The van der Waals surface area contributed by atoms with Crippen LogP contribution in [-0.4, -0.2) is 31.1 Å². The summed E-state index contributed by atoms with van der Waals surface area (Å²) in [5.41, 5.74) is 2.60. The van der Waals surface area contributed by atoms with Gasteiger partial charge in [0.15, 0.2) is 5.13 Å². The minimum absolute atomic E-state index is 0.0748. The summed E-state index contributed by atoms with van der Waals surface area (Å²) in [4.78, 5) is 16.1. The quantitative estimate of drug-likeness (QED) is 0.745. The van der Waals surface area contributed by atoms with Gasteiger partial charge in [0, 0.05) is 16.8 Å². The molecule has 2 N–H and O–H groups in total. The number of rotatable bonds is 5. The van der Waals surface area contributed by atoms with E-state index >= 15 is 0 Å². The van der Waals surface area contributed by atoms with Gasteiger partial charge in [-0.05, 0) is 41.6 Å². The molecule has 0 saturated heterocycles. The van der Waals surface area contributed by atoms with Crippen molar-refractivity contribution in [3.63, 3.8) is 0 Å². The molecule has 0 unspecified atom stereocenters. The van der Waals surface area contributed by atoms with Crippen LogP contribution < -0.4 is 10.6 Å². The Balaban J connectivity index is 1.58. The molecular formula is C13H13N7OS. The predicted octanol–water partition coefficient (Wildman–Crippen LogP) is 1.82. The number of tetrazole rings is 1. The number of benzene rings is 1. The first-order valence-corrected chi connectivity index (χ1v) is 7.37. The molecule has 3 aromatic rings. The zero-order valence-electron chi connectivity index (χ0n) is 11.7. The number of hydrogen-bond donors (Lipinski definition) is 2. The highest BCUT2D eigenvalue weighted by molar-refractivity contribution is 7.13. The normalized spacial score (nSPS) is 10.4. The Hall–Kier alpha value is -2.81. The van der Waals surface area contributed by atoms with Gasteiger partial charge in [-0.1, -0.05) is 0 Å². The third-order valence-electron chi connectivity index (χ3n) is 2.74. The van der Waals surface area contributed by atoms with E-state index in [0.29, 0.717) is 5.69 Å². The highest BCUT2D eigenvalue weighted by Gasteiger charge is 2.05. The van der Waals surface area contributed by atoms with Crippen LogP contribution in [0.25, 0.3) is 0 Å². The van der Waals surface area contributed by atoms with Crippen molar-refractivity contribution in [3.8, 4) is 0 Å². The van der Waals surface area contributed by atoms with Crippen molar-refractivity contribution in [2.75, 3.05) is 10.6 Å². The number of carbonyl (C=O) groups excluding carboxylic acids is 1. The average molecular weight is 315 g/mol. The molecule has 1 amide bonds. The molecule has 112 valence electrons. The van der Waals surface area contributed by atoms with Gasteiger partial charge in [0.1, 0.15) is 12.9 Å². The Bertz CT molecular complexity index is 751. The van der Waals surface area contributed by atoms with Crippen molar-refractivity contribution in [1.82, 2.24) is 25.2 Å². The fourth-order valence-electron chi connectivity index (χ4n) is 1.77. The summed E-state index contributed by atoms with van der Waals surface area (Å²) in [6.07, 6.45) is 1.39. The highest BCUT2D eigenvalue weighted by atomic mass is 32.1. The van der Waals surface area contributed by atoms with Crippen molar-refractivity contribution in [2.45, 2.75) is 13.5 Å². The van der Waals surface area contributed by atoms with E-state index in [2.05, 4.69) is 31.1 Å². The van der Waals surface area contributed by atoms with Crippen LogP contribution in [0.1, 0.15) is 5.69 Å². The lowest BCUT2D eigenvalue weighted by Crippen LogP contribution is -2.19. The van der Waals surface area contributed by atoms with Crippen LogP contribution in [-0.2, 0) is 11.3 Å². The van der Waals surface area contributed by atoms with Crippen LogP contribution in [0.2, 0.25) is 0 Å². The monoisotopic (exact) mass is 315 g/mol. The van der Waals surface area contributed by atoms with Crippen LogP contribution in [0.4, 0.5) is 16.5 Å². The average Bonchev–Trinajstić information content (AvgIpc) is 3.13. The molecular weight excluding hydrogens is 302 g/mol. The van der Waals surface area contributed by atoms with E-state index in [0.717, 1.165) is 16.5 Å². The number of thiazole rings is 1. The minimum atomic E-state index is -0.191. The molecule has 0 aliphatic rings. The van der Waals surface area contributed by atoms with Crippen molar-refractivity contribution in [2.24, 2.45) is 0 Å². The maximum atomic E-state index is 11.8. The number of anilines is 3. The van der Waals surface area contributed by atoms with Gasteiger partial charge in [-0.3, -0.25) is 4.79 Å². The van der Waals surface area contributed by atoms with Crippen LogP contribution >= 0.6 is 11.3 Å². The van der Waals surface area contributed by atoms with E-state index < -0.39 is 0 Å². The maximum absolute atomic E-state index is 11.8. The third kappa shape index (κ3) is 3.64. The summed E-state index contributed by atoms with van der Waals surface area (Å²) in [6, 6.07) is 7.40. The van der Waals surface area contributed by atoms with Gasteiger partial charge in [0.05, 0.1) is 5.69 Å². The van der Waals surface area contributed by atoms with Gasteiger partial charge >= 0.3 is 0 Å². The lowest BCUT2D eigenvalue weighted by atomic mass is 10.3. The molecule has 0 saturated carbocycles. The van der Waals surface area contributed by atoms with Crippen molar-refractivity contribution in [1.29, 1.82) is 0 Å². The number of aromatic nitrogens is 5. The van der Waals surface area contributed by atoms with Gasteiger partial charge in [-0.25, -0.2) is 9.67 Å². The molecule has 22 heavy (non-hydrogen) atoms. The highest BCUT2D eigenvalue weighted by Crippen LogP contribution is 2.21. The number of hydrogen-bond acceptors (Lipinski definition) is 7. The number of amides is 1. The first-order valence-electron chi connectivity index (χ1n) is 6.49. The topological polar surface area (TPSA) is 97.6 Å². The molecule has 1 aromatic carbocycles. The SMILES string of the molecule is Cc1csc(Nc2ccc(NC(=O)Cn3cnnn3)cc2)n1. The molecule has 0 fully saturated rings. The van der Waals surface area contributed by atoms with Gasteiger partial charge in [0.25, 0.3) is 0 Å². The smallest absolute Gasteiger partial charge is 0.246 e. The van der Waals surface area contributed by atoms with Gasteiger partial charge in [0.2, 0.25) is 5.91 Å². The summed E-state index contributed by atoms with van der Waals surface area (Å²) >= 11 is 1.55. The summed E-state index contributed by atoms with van der Waals surface area (Å²) < 4.78 is 1.36. The Morgan fingerprint density at radius 3 is 2.68 bits per heavy atom. The summed E-state index contributed by atoms with van der Waals surface area (Å²) in [6.45, 7) is 2.02. The van der Waals surface area contributed by atoms with Crippen LogP contribution in [0.3, 0.4) is 0 Å². The zero-order valence-corrected chi connectivity index (χ0v) is 12.5. The standard InChI is InChI=1S/C13H13N7OS/c1-9-7-22-13(15-9)17-11-4-2-10(3-5-11)16-12(21)6-20-8-14-18-19-20/h2-5,7-8H,6H2,1H3,(H,15,17)(H,16,21). The lowest BCUT2D eigenvalue weighted by molar-refractivity contribution is -0.116. The minimum Gasteiger partial charge on any atom is -0.332 e. The number of nitrogens with zero attached hydrogens (tertiary/aromatic N) is 5. The second-order valence-electron chi connectivity index (χ2n) is 4.55. The molecule has 0 aliphatic carbocycles. The zero-order chi connectivity index (χ0) is 15.4. The molecule has 0 spiro atoms. The molecule has 2 aromatic heterocycles. The summed E-state index contributed by atoms with van der Waals surface area (Å²) in [7, 11) is 0. The summed E-state index contributed by atoms with van der Waals surface area (Å²) in [5.74, 6) is -0.191. The first kappa shape index (κ1) is 14.1. The number of carbonyl (C=O) groups is 1. The molecule has 3 rings (SSSR count). The maximum Gasteiger partial charge on any atom is 0.246 e. The number of aryl methyl sites for hydroxylation is 1. The molecule has 0 aliphatic heterocycles. The predicted molar refractivity (Wildman–Crippen MR) is 83.0 cm³/mol. The molecule has 0 bridgehead atoms. The third-order valence-corrected chi connectivity index (χ3v) is 3.61. The van der Waals surface area contributed by atoms with Crippen molar-refractivity contribution < 1.29 is 4.79 Å². The lowest BCUT2D eigenvalue weighted by Gasteiger charge is -2.07. The van der Waals surface area contributed by atoms with E-state index in [1.54, 1.807) is 11.3 Å². The first-order chi connectivity index (χ1) is 10.7. The number of nitrogens with one attached hydrogen (secondary N) is 2. The van der Waals surface area contributed by atoms with Crippen molar-refractivity contribution >= 4 is 33.8 Å². The second kappa shape index (κ2) is 6.31. The van der Waals surface area contributed by atoms with E-state index in [9.17, 15) is 4.79 Å². The molecule has 0 radical (unpaired) electrons. The van der Waals surface area contributed by atoms with Crippen LogP contribution in [0.5, 0.6) is 0 Å². The Labute approximate surface area is 130 Å². The van der Waals surface area contributed by atoms with E-state index in [1.165, 1.54) is 11.0 Å². The second-order valence-corrected chi connectivity index (χ2v) is 5.41. The molecule has 2 heterocycles. The molecule has 9 heteroatoms. The van der Waals surface area contributed by atoms with E-state index in [4.69, 9.17) is 0 Å². The summed E-state index contributed by atoms with van der Waals surface area (Å²) in [5, 5.41) is 19.4.